The zero-order valence-electron chi connectivity index (χ0n) is 41.4. The van der Waals surface area contributed by atoms with E-state index in [1.165, 1.54) is 193 Å². The van der Waals surface area contributed by atoms with Gasteiger partial charge in [-0.05, 0) is 83.5 Å². The Morgan fingerprint density at radius 1 is 0.435 bits per heavy atom. The standard InChI is InChI=1S/C56H105NO5/c1-3-5-7-9-11-13-15-17-21-26-30-34-38-42-46-50-56(61)62-51-47-43-39-35-31-27-23-20-19-22-25-29-33-37-41-45-49-55(60)57-53(52-58)54(59)48-44-40-36-32-28-24-18-16-14-12-10-8-6-4-2/h17,19,21-22,44,48,53-54,58-59H,3-16,18,20,23-43,45-47,49-52H2,1-2H3,(H,57,60)/b21-17-,22-19-,48-44+. The van der Waals surface area contributed by atoms with Gasteiger partial charge in [0.15, 0.2) is 0 Å². The molecule has 0 aliphatic carbocycles. The third-order valence-corrected chi connectivity index (χ3v) is 12.4. The second-order valence-corrected chi connectivity index (χ2v) is 18.5. The van der Waals surface area contributed by atoms with Crippen LogP contribution in [0.5, 0.6) is 0 Å². The Labute approximate surface area is 385 Å². The first-order valence-electron chi connectivity index (χ1n) is 27.3. The molecule has 0 spiro atoms. The Balaban J connectivity index is 3.50. The molecule has 2 atom stereocenters. The van der Waals surface area contributed by atoms with Crippen molar-refractivity contribution in [3.05, 3.63) is 36.5 Å². The van der Waals surface area contributed by atoms with Crippen molar-refractivity contribution in [2.45, 2.75) is 296 Å². The Morgan fingerprint density at radius 3 is 1.15 bits per heavy atom. The quantitative estimate of drug-likeness (QED) is 0.0321. The van der Waals surface area contributed by atoms with E-state index in [0.29, 0.717) is 19.4 Å². The van der Waals surface area contributed by atoms with Crippen LogP contribution in [0.2, 0.25) is 0 Å². The first kappa shape index (κ1) is 60.1. The Bertz CT molecular complexity index is 1010. The van der Waals surface area contributed by atoms with E-state index >= 15 is 0 Å². The number of nitrogens with one attached hydrogen (secondary N) is 1. The zero-order valence-corrected chi connectivity index (χ0v) is 41.4. The minimum Gasteiger partial charge on any atom is -0.466 e. The smallest absolute Gasteiger partial charge is 0.305 e. The van der Waals surface area contributed by atoms with Crippen molar-refractivity contribution < 1.29 is 24.5 Å². The van der Waals surface area contributed by atoms with Crippen LogP contribution in [0, 0.1) is 0 Å². The first-order valence-corrected chi connectivity index (χ1v) is 27.3. The maximum Gasteiger partial charge on any atom is 0.305 e. The molecule has 0 radical (unpaired) electrons. The fourth-order valence-corrected chi connectivity index (χ4v) is 8.15. The molecule has 0 aliphatic rings. The van der Waals surface area contributed by atoms with Crippen LogP contribution in [0.3, 0.4) is 0 Å². The summed E-state index contributed by atoms with van der Waals surface area (Å²) in [4.78, 5) is 24.5. The van der Waals surface area contributed by atoms with Gasteiger partial charge in [0.2, 0.25) is 5.91 Å². The van der Waals surface area contributed by atoms with Gasteiger partial charge in [-0.25, -0.2) is 0 Å². The van der Waals surface area contributed by atoms with E-state index in [9.17, 15) is 19.8 Å². The van der Waals surface area contributed by atoms with Crippen molar-refractivity contribution in [2.75, 3.05) is 13.2 Å². The largest absolute Gasteiger partial charge is 0.466 e. The van der Waals surface area contributed by atoms with E-state index in [0.717, 1.165) is 64.2 Å². The molecule has 0 fully saturated rings. The predicted molar refractivity (Wildman–Crippen MR) is 269 cm³/mol. The highest BCUT2D eigenvalue weighted by Gasteiger charge is 2.18. The first-order chi connectivity index (χ1) is 30.5. The molecule has 364 valence electrons. The van der Waals surface area contributed by atoms with Crippen LogP contribution < -0.4 is 5.32 Å². The summed E-state index contributed by atoms with van der Waals surface area (Å²) in [7, 11) is 0. The summed E-state index contributed by atoms with van der Waals surface area (Å²) in [6, 6.07) is -0.640. The van der Waals surface area contributed by atoms with Crippen molar-refractivity contribution in [1.29, 1.82) is 0 Å². The van der Waals surface area contributed by atoms with Crippen LogP contribution >= 0.6 is 0 Å². The van der Waals surface area contributed by atoms with E-state index in [1.807, 2.05) is 6.08 Å². The number of unbranched alkanes of at least 4 members (excludes halogenated alkanes) is 35. The Hall–Kier alpha value is -1.92. The molecule has 0 rings (SSSR count). The highest BCUT2D eigenvalue weighted by Crippen LogP contribution is 2.15. The summed E-state index contributed by atoms with van der Waals surface area (Å²) in [6.07, 6.45) is 62.9. The molecular formula is C56H105NO5. The van der Waals surface area contributed by atoms with Gasteiger partial charge < -0.3 is 20.3 Å². The molecule has 3 N–H and O–H groups in total. The molecule has 0 aromatic heterocycles. The van der Waals surface area contributed by atoms with Gasteiger partial charge in [-0.2, -0.15) is 0 Å². The molecule has 0 saturated heterocycles. The van der Waals surface area contributed by atoms with Crippen LogP contribution in [0.15, 0.2) is 36.5 Å². The molecular weight excluding hydrogens is 767 g/mol. The maximum absolute atomic E-state index is 12.4. The normalized spacial score (nSPS) is 12.9. The van der Waals surface area contributed by atoms with Crippen molar-refractivity contribution in [1.82, 2.24) is 5.32 Å². The molecule has 6 heteroatoms. The van der Waals surface area contributed by atoms with Crippen molar-refractivity contribution >= 4 is 11.9 Å². The lowest BCUT2D eigenvalue weighted by Crippen LogP contribution is -2.45. The summed E-state index contributed by atoms with van der Waals surface area (Å²) in [6.45, 7) is 4.87. The average Bonchev–Trinajstić information content (AvgIpc) is 3.27. The molecule has 1 amide bonds. The number of allylic oxidation sites excluding steroid dienone is 5. The maximum atomic E-state index is 12.4. The monoisotopic (exact) mass is 872 g/mol. The number of hydrogen-bond donors (Lipinski definition) is 3. The van der Waals surface area contributed by atoms with E-state index in [-0.39, 0.29) is 18.5 Å². The second kappa shape index (κ2) is 51.7. The lowest BCUT2D eigenvalue weighted by atomic mass is 10.0. The number of aliphatic hydroxyl groups is 2. The van der Waals surface area contributed by atoms with Gasteiger partial charge in [0, 0.05) is 12.8 Å². The minimum absolute atomic E-state index is 0.0122. The number of carbonyl (C=O) groups is 2. The topological polar surface area (TPSA) is 95.9 Å². The summed E-state index contributed by atoms with van der Waals surface area (Å²) in [5.41, 5.74) is 0. The number of esters is 1. The van der Waals surface area contributed by atoms with Crippen LogP contribution in [-0.2, 0) is 14.3 Å². The van der Waals surface area contributed by atoms with Crippen molar-refractivity contribution in [3.8, 4) is 0 Å². The Morgan fingerprint density at radius 2 is 0.758 bits per heavy atom. The highest BCUT2D eigenvalue weighted by molar-refractivity contribution is 5.76. The summed E-state index contributed by atoms with van der Waals surface area (Å²) >= 11 is 0. The van der Waals surface area contributed by atoms with Gasteiger partial charge in [0.1, 0.15) is 0 Å². The third kappa shape index (κ3) is 47.6. The van der Waals surface area contributed by atoms with E-state index in [2.05, 4.69) is 43.5 Å². The van der Waals surface area contributed by atoms with Gasteiger partial charge >= 0.3 is 5.97 Å². The molecule has 0 bridgehead atoms. The van der Waals surface area contributed by atoms with Gasteiger partial charge in [0.25, 0.3) is 0 Å². The minimum atomic E-state index is -0.855. The van der Waals surface area contributed by atoms with Crippen molar-refractivity contribution in [2.24, 2.45) is 0 Å². The number of carbonyl (C=O) groups excluding carboxylic acids is 2. The number of hydrogen-bond acceptors (Lipinski definition) is 5. The van der Waals surface area contributed by atoms with Crippen molar-refractivity contribution in [3.63, 3.8) is 0 Å². The lowest BCUT2D eigenvalue weighted by molar-refractivity contribution is -0.143. The van der Waals surface area contributed by atoms with Gasteiger partial charge in [0.05, 0.1) is 25.4 Å². The van der Waals surface area contributed by atoms with E-state index in [1.54, 1.807) is 6.08 Å². The average molecular weight is 872 g/mol. The number of aliphatic hydroxyl groups excluding tert-OH is 2. The van der Waals surface area contributed by atoms with Crippen LogP contribution in [0.1, 0.15) is 284 Å². The third-order valence-electron chi connectivity index (χ3n) is 12.4. The number of amides is 1. The zero-order chi connectivity index (χ0) is 45.1. The summed E-state index contributed by atoms with van der Waals surface area (Å²) < 4.78 is 5.46. The molecule has 0 saturated carbocycles. The van der Waals surface area contributed by atoms with Crippen LogP contribution in [0.25, 0.3) is 0 Å². The van der Waals surface area contributed by atoms with Gasteiger partial charge in [-0.1, -0.05) is 224 Å². The van der Waals surface area contributed by atoms with E-state index in [4.69, 9.17) is 4.74 Å². The summed E-state index contributed by atoms with van der Waals surface area (Å²) in [5.74, 6) is -0.0979. The Kier molecular flexibility index (Phi) is 50.1. The number of rotatable bonds is 50. The molecule has 62 heavy (non-hydrogen) atoms. The highest BCUT2D eigenvalue weighted by atomic mass is 16.5. The molecule has 6 nitrogen and oxygen atoms in total. The van der Waals surface area contributed by atoms with Gasteiger partial charge in [-0.15, -0.1) is 0 Å². The molecule has 0 aromatic carbocycles. The molecule has 0 aromatic rings. The second-order valence-electron chi connectivity index (χ2n) is 18.5. The van der Waals surface area contributed by atoms with Crippen LogP contribution in [-0.4, -0.2) is 47.4 Å². The summed E-state index contributed by atoms with van der Waals surface area (Å²) in [5, 5.41) is 23.0. The fourth-order valence-electron chi connectivity index (χ4n) is 8.15. The molecule has 2 unspecified atom stereocenters. The predicted octanol–water partition coefficient (Wildman–Crippen LogP) is 16.5. The lowest BCUT2D eigenvalue weighted by Gasteiger charge is -2.20. The van der Waals surface area contributed by atoms with Gasteiger partial charge in [-0.3, -0.25) is 9.59 Å². The number of ether oxygens (including phenoxy) is 1. The van der Waals surface area contributed by atoms with Crippen LogP contribution in [0.4, 0.5) is 0 Å². The molecule has 0 heterocycles. The van der Waals surface area contributed by atoms with E-state index < -0.39 is 12.1 Å². The SMILES string of the molecule is CCCCCCCC/C=C\CCCCCCCC(=O)OCCCCCCCCC/C=C\CCCCCCCC(=O)NC(CO)C(O)/C=C/CCCCCCCCCCCCCC. The fraction of sp³-hybridized carbons (Fsp3) is 0.857. The molecule has 0 aliphatic heterocycles.